The van der Waals surface area contributed by atoms with Gasteiger partial charge in [-0.1, -0.05) is 0 Å². The van der Waals surface area contributed by atoms with Crippen LogP contribution >= 0.6 is 0 Å². The molecule has 0 saturated carbocycles. The number of sulfonamides is 1. The van der Waals surface area contributed by atoms with Crippen LogP contribution in [0.5, 0.6) is 0 Å². The number of nitrogen functional groups attached to an aromatic ring is 1. The first-order chi connectivity index (χ1) is 8.90. The molecule has 0 bridgehead atoms. The van der Waals surface area contributed by atoms with Gasteiger partial charge in [-0.25, -0.2) is 22.5 Å². The van der Waals surface area contributed by atoms with Crippen LogP contribution in [0.25, 0.3) is 0 Å². The van der Waals surface area contributed by atoms with E-state index >= 15 is 0 Å². The first kappa shape index (κ1) is 13.5. The van der Waals surface area contributed by atoms with Gasteiger partial charge < -0.3 is 10.3 Å². The van der Waals surface area contributed by atoms with Gasteiger partial charge in [0.25, 0.3) is 0 Å². The van der Waals surface area contributed by atoms with Gasteiger partial charge in [0.2, 0.25) is 10.0 Å². The number of nitrogens with two attached hydrogens (primary N) is 1. The molecule has 0 aliphatic heterocycles. The SMILES string of the molecule is Cn1ccnc1CNS(=O)(=O)c1ccc(N)cc1F. The molecule has 2 aromatic rings. The second kappa shape index (κ2) is 4.98. The number of imidazole rings is 1. The average Bonchev–Trinajstić information content (AvgIpc) is 2.72. The molecule has 2 rings (SSSR count). The monoisotopic (exact) mass is 284 g/mol. The van der Waals surface area contributed by atoms with Crippen molar-refractivity contribution in [2.24, 2.45) is 7.05 Å². The third-order valence-corrected chi connectivity index (χ3v) is 4.02. The summed E-state index contributed by atoms with van der Waals surface area (Å²) in [5, 5.41) is 0. The van der Waals surface area contributed by atoms with Crippen molar-refractivity contribution in [2.75, 3.05) is 5.73 Å². The van der Waals surface area contributed by atoms with Crippen molar-refractivity contribution >= 4 is 15.7 Å². The number of aryl methyl sites for hydroxylation is 1. The highest BCUT2D eigenvalue weighted by atomic mass is 32.2. The number of nitrogens with one attached hydrogen (secondary N) is 1. The summed E-state index contributed by atoms with van der Waals surface area (Å²) in [4.78, 5) is 3.54. The Hall–Kier alpha value is -1.93. The molecular weight excluding hydrogens is 271 g/mol. The van der Waals surface area contributed by atoms with Crippen molar-refractivity contribution < 1.29 is 12.8 Å². The van der Waals surface area contributed by atoms with Gasteiger partial charge in [-0.2, -0.15) is 0 Å². The van der Waals surface area contributed by atoms with Crippen LogP contribution in [0.2, 0.25) is 0 Å². The fourth-order valence-corrected chi connectivity index (χ4v) is 2.58. The number of hydrogen-bond donors (Lipinski definition) is 2. The van der Waals surface area contributed by atoms with Gasteiger partial charge >= 0.3 is 0 Å². The fourth-order valence-electron chi connectivity index (χ4n) is 1.54. The largest absolute Gasteiger partial charge is 0.399 e. The number of benzene rings is 1. The van der Waals surface area contributed by atoms with Gasteiger partial charge in [0.15, 0.2) is 0 Å². The molecule has 19 heavy (non-hydrogen) atoms. The summed E-state index contributed by atoms with van der Waals surface area (Å²) < 4.78 is 41.4. The molecule has 3 N–H and O–H groups in total. The summed E-state index contributed by atoms with van der Waals surface area (Å²) in [6, 6.07) is 3.43. The van der Waals surface area contributed by atoms with Crippen molar-refractivity contribution in [3.63, 3.8) is 0 Å². The molecule has 0 unspecified atom stereocenters. The standard InChI is InChI=1S/C11H13FN4O2S/c1-16-5-4-14-11(16)7-15-19(17,18)10-3-2-8(13)6-9(10)12/h2-6,15H,7,13H2,1H3. The molecule has 0 saturated heterocycles. The Kier molecular flexibility index (Phi) is 3.54. The summed E-state index contributed by atoms with van der Waals surface area (Å²) in [5.74, 6) is -0.355. The lowest BCUT2D eigenvalue weighted by Gasteiger charge is -2.08. The fraction of sp³-hybridized carbons (Fsp3) is 0.182. The third-order valence-electron chi connectivity index (χ3n) is 2.59. The normalized spacial score (nSPS) is 11.7. The van der Waals surface area contributed by atoms with Crippen LogP contribution in [0, 0.1) is 5.82 Å². The smallest absolute Gasteiger partial charge is 0.243 e. The molecule has 0 fully saturated rings. The zero-order valence-corrected chi connectivity index (χ0v) is 11.0. The van der Waals surface area contributed by atoms with Crippen molar-refractivity contribution in [3.8, 4) is 0 Å². The molecule has 0 radical (unpaired) electrons. The maximum atomic E-state index is 13.6. The highest BCUT2D eigenvalue weighted by molar-refractivity contribution is 7.89. The van der Waals surface area contributed by atoms with E-state index in [0.717, 1.165) is 12.1 Å². The molecule has 0 atom stereocenters. The van der Waals surface area contributed by atoms with Crippen molar-refractivity contribution in [1.29, 1.82) is 0 Å². The average molecular weight is 284 g/mol. The maximum Gasteiger partial charge on any atom is 0.243 e. The molecule has 8 heteroatoms. The molecule has 0 aliphatic carbocycles. The zero-order valence-electron chi connectivity index (χ0n) is 10.2. The Morgan fingerprint density at radius 1 is 1.47 bits per heavy atom. The molecule has 0 spiro atoms. The van der Waals surface area contributed by atoms with Gasteiger partial charge in [-0.3, -0.25) is 0 Å². The topological polar surface area (TPSA) is 90.0 Å². The minimum atomic E-state index is -3.93. The molecule has 102 valence electrons. The van der Waals surface area contributed by atoms with Crippen LogP contribution < -0.4 is 10.5 Å². The number of aromatic nitrogens is 2. The van der Waals surface area contributed by atoms with Gasteiger partial charge in [0, 0.05) is 25.1 Å². The minimum Gasteiger partial charge on any atom is -0.399 e. The Bertz CT molecular complexity index is 696. The second-order valence-electron chi connectivity index (χ2n) is 3.97. The van der Waals surface area contributed by atoms with E-state index in [9.17, 15) is 12.8 Å². The van der Waals surface area contributed by atoms with Crippen LogP contribution in [-0.4, -0.2) is 18.0 Å². The van der Waals surface area contributed by atoms with Crippen molar-refractivity contribution in [3.05, 3.63) is 42.2 Å². The predicted octanol–water partition coefficient (Wildman–Crippen LogP) is 0.620. The first-order valence-corrected chi connectivity index (χ1v) is 6.89. The van der Waals surface area contributed by atoms with E-state index in [4.69, 9.17) is 5.73 Å². The summed E-state index contributed by atoms with van der Waals surface area (Å²) in [7, 11) is -2.20. The number of hydrogen-bond acceptors (Lipinski definition) is 4. The van der Waals surface area contributed by atoms with Crippen LogP contribution in [0.1, 0.15) is 5.82 Å². The quantitative estimate of drug-likeness (QED) is 0.805. The lowest BCUT2D eigenvalue weighted by atomic mass is 10.3. The molecular formula is C11H13FN4O2S. The van der Waals surface area contributed by atoms with Crippen LogP contribution in [0.15, 0.2) is 35.5 Å². The number of rotatable bonds is 4. The molecule has 0 aliphatic rings. The zero-order chi connectivity index (χ0) is 14.0. The Morgan fingerprint density at radius 3 is 2.79 bits per heavy atom. The van der Waals surface area contributed by atoms with E-state index in [1.54, 1.807) is 24.0 Å². The molecule has 1 aromatic heterocycles. The van der Waals surface area contributed by atoms with E-state index in [1.807, 2.05) is 0 Å². The van der Waals surface area contributed by atoms with Crippen LogP contribution in [0.3, 0.4) is 0 Å². The van der Waals surface area contributed by atoms with Crippen molar-refractivity contribution in [1.82, 2.24) is 14.3 Å². The number of nitrogens with zero attached hydrogens (tertiary/aromatic N) is 2. The first-order valence-electron chi connectivity index (χ1n) is 5.41. The highest BCUT2D eigenvalue weighted by Crippen LogP contribution is 2.17. The Morgan fingerprint density at radius 2 is 2.21 bits per heavy atom. The molecule has 0 amide bonds. The van der Waals surface area contributed by atoms with Gasteiger partial charge in [-0.15, -0.1) is 0 Å². The van der Waals surface area contributed by atoms with Crippen molar-refractivity contribution in [2.45, 2.75) is 11.4 Å². The lowest BCUT2D eigenvalue weighted by Crippen LogP contribution is -2.25. The summed E-state index contributed by atoms with van der Waals surface area (Å²) in [6.07, 6.45) is 3.24. The summed E-state index contributed by atoms with van der Waals surface area (Å²) in [5.41, 5.74) is 5.54. The maximum absolute atomic E-state index is 13.6. The van der Waals surface area contributed by atoms with Gasteiger partial charge in [-0.05, 0) is 18.2 Å². The van der Waals surface area contributed by atoms with Crippen LogP contribution in [-0.2, 0) is 23.6 Å². The molecule has 1 heterocycles. The molecule has 6 nitrogen and oxygen atoms in total. The van der Waals surface area contributed by atoms with Gasteiger partial charge in [0.05, 0.1) is 6.54 Å². The predicted molar refractivity (Wildman–Crippen MR) is 68.0 cm³/mol. The van der Waals surface area contributed by atoms with E-state index in [1.165, 1.54) is 6.07 Å². The van der Waals surface area contributed by atoms with E-state index in [-0.39, 0.29) is 12.2 Å². The van der Waals surface area contributed by atoms with Gasteiger partial charge in [0.1, 0.15) is 16.5 Å². The number of anilines is 1. The number of halogens is 1. The minimum absolute atomic E-state index is 0.0182. The second-order valence-corrected chi connectivity index (χ2v) is 5.70. The van der Waals surface area contributed by atoms with Crippen LogP contribution in [0.4, 0.5) is 10.1 Å². The van der Waals surface area contributed by atoms with E-state index in [0.29, 0.717) is 5.82 Å². The summed E-state index contributed by atoms with van der Waals surface area (Å²) >= 11 is 0. The molecule has 1 aromatic carbocycles. The summed E-state index contributed by atoms with van der Waals surface area (Å²) in [6.45, 7) is -0.0182. The highest BCUT2D eigenvalue weighted by Gasteiger charge is 2.19. The third kappa shape index (κ3) is 2.91. The lowest BCUT2D eigenvalue weighted by molar-refractivity contribution is 0.555. The van der Waals surface area contributed by atoms with E-state index in [2.05, 4.69) is 9.71 Å². The van der Waals surface area contributed by atoms with E-state index < -0.39 is 20.7 Å². The Labute approximate surface area is 110 Å². The Balaban J connectivity index is 2.21.